The molecule has 8 rings (SSSR count). The largest absolute Gasteiger partial charge is 0.455 e. The van der Waals surface area contributed by atoms with E-state index in [9.17, 15) is 0 Å². The lowest BCUT2D eigenvalue weighted by molar-refractivity contribution is 0.653. The van der Waals surface area contributed by atoms with Crippen LogP contribution in [0.3, 0.4) is 0 Å². The summed E-state index contributed by atoms with van der Waals surface area (Å²) in [5.41, 5.74) is 13.7. The first-order valence-corrected chi connectivity index (χ1v) is 16.6. The molecule has 1 heterocycles. The van der Waals surface area contributed by atoms with E-state index in [2.05, 4.69) is 112 Å². The Morgan fingerprint density at radius 1 is 0.625 bits per heavy atom. The van der Waals surface area contributed by atoms with Gasteiger partial charge in [0.15, 0.2) is 5.84 Å². The number of nitrogens with zero attached hydrogens (tertiary/aromatic N) is 2. The van der Waals surface area contributed by atoms with Gasteiger partial charge in [0, 0.05) is 33.0 Å². The highest BCUT2D eigenvalue weighted by Crippen LogP contribution is 2.53. The normalized spacial score (nSPS) is 13.9. The van der Waals surface area contributed by atoms with Crippen LogP contribution in [0.2, 0.25) is 0 Å². The van der Waals surface area contributed by atoms with E-state index in [0.29, 0.717) is 11.5 Å². The second-order valence-electron chi connectivity index (χ2n) is 13.0. The molecule has 232 valence electrons. The van der Waals surface area contributed by atoms with E-state index in [4.69, 9.17) is 14.4 Å². The Labute approximate surface area is 281 Å². The van der Waals surface area contributed by atoms with E-state index in [1.54, 1.807) is 0 Å². The molecule has 0 saturated heterocycles. The molecule has 0 N–H and O–H groups in total. The minimum absolute atomic E-state index is 0.140. The standard InChI is InChI=1S/C45H36N2O/c1-5-40(31-17-10-7-11-18-31)47-44(46-29(2)30-15-8-6-9-16-30)34-20-14-19-32(27-34)33-23-25-38-37(28-33)42-39(45(38,3)4)26-24-36-35-21-12-13-22-41(35)48-43(36)42/h6-28H,2,5H2,1,3-4H3. The summed E-state index contributed by atoms with van der Waals surface area (Å²) < 4.78 is 6.56. The molecule has 6 aromatic carbocycles. The second-order valence-corrected chi connectivity index (χ2v) is 13.0. The van der Waals surface area contributed by atoms with Crippen molar-refractivity contribution in [3.8, 4) is 22.3 Å². The number of hydrogen-bond donors (Lipinski definition) is 0. The van der Waals surface area contributed by atoms with Crippen LogP contribution in [0.25, 0.3) is 49.9 Å². The molecule has 3 nitrogen and oxygen atoms in total. The third kappa shape index (κ3) is 5.00. The number of para-hydroxylation sites is 1. The van der Waals surface area contributed by atoms with Gasteiger partial charge in [0.05, 0.1) is 5.70 Å². The second kappa shape index (κ2) is 11.8. The lowest BCUT2D eigenvalue weighted by Crippen LogP contribution is -2.14. The molecule has 1 aliphatic carbocycles. The van der Waals surface area contributed by atoms with Gasteiger partial charge in [-0.05, 0) is 63.6 Å². The summed E-state index contributed by atoms with van der Waals surface area (Å²) >= 11 is 0. The average Bonchev–Trinajstić information content (AvgIpc) is 3.62. The van der Waals surface area contributed by atoms with Gasteiger partial charge < -0.3 is 4.42 Å². The van der Waals surface area contributed by atoms with Gasteiger partial charge in [-0.3, -0.25) is 0 Å². The molecule has 1 aliphatic rings. The van der Waals surface area contributed by atoms with E-state index < -0.39 is 0 Å². The number of hydrogen-bond acceptors (Lipinski definition) is 2. The fourth-order valence-corrected chi connectivity index (χ4v) is 7.12. The molecule has 48 heavy (non-hydrogen) atoms. The summed E-state index contributed by atoms with van der Waals surface area (Å²) in [5, 5.41) is 2.31. The van der Waals surface area contributed by atoms with Crippen molar-refractivity contribution in [1.29, 1.82) is 0 Å². The van der Waals surface area contributed by atoms with Crippen LogP contribution >= 0.6 is 0 Å². The quantitative estimate of drug-likeness (QED) is 0.135. The summed E-state index contributed by atoms with van der Waals surface area (Å²) in [5.74, 6) is 0.642. The van der Waals surface area contributed by atoms with E-state index in [1.807, 2.05) is 54.6 Å². The molecule has 1 aromatic heterocycles. The third-order valence-corrected chi connectivity index (χ3v) is 9.67. The topological polar surface area (TPSA) is 37.9 Å². The minimum Gasteiger partial charge on any atom is -0.455 e. The Morgan fingerprint density at radius 2 is 1.29 bits per heavy atom. The summed E-state index contributed by atoms with van der Waals surface area (Å²) in [4.78, 5) is 10.2. The number of rotatable bonds is 6. The fraction of sp³-hybridized carbons (Fsp3) is 0.111. The highest BCUT2D eigenvalue weighted by atomic mass is 16.3. The van der Waals surface area contributed by atoms with Crippen LogP contribution in [0, 0.1) is 0 Å². The van der Waals surface area contributed by atoms with Crippen molar-refractivity contribution in [3.63, 3.8) is 0 Å². The Morgan fingerprint density at radius 3 is 2.06 bits per heavy atom. The molecule has 0 unspecified atom stereocenters. The summed E-state index contributed by atoms with van der Waals surface area (Å²) in [6, 6.07) is 48.7. The van der Waals surface area contributed by atoms with Gasteiger partial charge in [-0.1, -0.05) is 149 Å². The van der Waals surface area contributed by atoms with Crippen LogP contribution in [0.1, 0.15) is 55.0 Å². The maximum Gasteiger partial charge on any atom is 0.160 e. The molecule has 0 amide bonds. The highest BCUT2D eigenvalue weighted by molar-refractivity contribution is 6.14. The van der Waals surface area contributed by atoms with Gasteiger partial charge >= 0.3 is 0 Å². The molecule has 0 spiro atoms. The van der Waals surface area contributed by atoms with Crippen LogP contribution in [-0.2, 0) is 5.41 Å². The average molecular weight is 621 g/mol. The first-order chi connectivity index (χ1) is 23.4. The van der Waals surface area contributed by atoms with Crippen molar-refractivity contribution in [1.82, 2.24) is 0 Å². The van der Waals surface area contributed by atoms with Gasteiger partial charge in [-0.25, -0.2) is 9.98 Å². The molecule has 0 radical (unpaired) electrons. The fourth-order valence-electron chi connectivity index (χ4n) is 7.12. The monoisotopic (exact) mass is 620 g/mol. The summed E-state index contributed by atoms with van der Waals surface area (Å²) in [6.07, 6.45) is 0.775. The van der Waals surface area contributed by atoms with Crippen LogP contribution in [0.5, 0.6) is 0 Å². The number of aliphatic imine (C=N–C) groups is 2. The predicted octanol–water partition coefficient (Wildman–Crippen LogP) is 11.9. The first-order valence-electron chi connectivity index (χ1n) is 16.6. The van der Waals surface area contributed by atoms with Gasteiger partial charge in [0.25, 0.3) is 0 Å². The van der Waals surface area contributed by atoms with Crippen LogP contribution in [-0.4, -0.2) is 11.5 Å². The molecule has 0 fully saturated rings. The summed E-state index contributed by atoms with van der Waals surface area (Å²) in [7, 11) is 0. The van der Waals surface area contributed by atoms with Crippen molar-refractivity contribution in [2.45, 2.75) is 32.6 Å². The van der Waals surface area contributed by atoms with Gasteiger partial charge in [-0.15, -0.1) is 0 Å². The van der Waals surface area contributed by atoms with E-state index in [-0.39, 0.29) is 5.41 Å². The zero-order valence-electron chi connectivity index (χ0n) is 27.5. The van der Waals surface area contributed by atoms with E-state index >= 15 is 0 Å². The zero-order valence-corrected chi connectivity index (χ0v) is 27.5. The number of furan rings is 1. The van der Waals surface area contributed by atoms with Crippen molar-refractivity contribution in [2.75, 3.05) is 0 Å². The number of amidine groups is 1. The molecule has 0 bridgehead atoms. The third-order valence-electron chi connectivity index (χ3n) is 9.67. The molecule has 0 aliphatic heterocycles. The molecular formula is C45H36N2O. The minimum atomic E-state index is -0.140. The van der Waals surface area contributed by atoms with Crippen molar-refractivity contribution in [2.24, 2.45) is 9.98 Å². The lowest BCUT2D eigenvalue weighted by Gasteiger charge is -2.21. The Kier molecular flexibility index (Phi) is 7.26. The van der Waals surface area contributed by atoms with Crippen molar-refractivity contribution < 1.29 is 4.42 Å². The lowest BCUT2D eigenvalue weighted by atomic mass is 9.82. The smallest absolute Gasteiger partial charge is 0.160 e. The van der Waals surface area contributed by atoms with Crippen molar-refractivity contribution in [3.05, 3.63) is 174 Å². The predicted molar refractivity (Wildman–Crippen MR) is 202 cm³/mol. The molecule has 0 saturated carbocycles. The van der Waals surface area contributed by atoms with Gasteiger partial charge in [0.1, 0.15) is 11.2 Å². The van der Waals surface area contributed by atoms with Crippen LogP contribution < -0.4 is 0 Å². The molecule has 7 aromatic rings. The Bertz CT molecular complexity index is 2410. The van der Waals surface area contributed by atoms with E-state index in [0.717, 1.165) is 61.9 Å². The van der Waals surface area contributed by atoms with Crippen LogP contribution in [0.4, 0.5) is 0 Å². The molecule has 3 heteroatoms. The number of benzene rings is 6. The SMILES string of the molecule is C=C(N=C(N=C(CC)c1ccccc1)c1cccc(-c2ccc3c(c2)-c2c(ccc4c2oc2ccccc24)C3(C)C)c1)c1ccccc1. The van der Waals surface area contributed by atoms with Gasteiger partial charge in [-0.2, -0.15) is 0 Å². The highest BCUT2D eigenvalue weighted by Gasteiger charge is 2.37. The van der Waals surface area contributed by atoms with Gasteiger partial charge in [0.2, 0.25) is 0 Å². The van der Waals surface area contributed by atoms with Crippen molar-refractivity contribution >= 4 is 39.2 Å². The maximum atomic E-state index is 6.56. The zero-order chi connectivity index (χ0) is 32.8. The maximum absolute atomic E-state index is 6.56. The molecular weight excluding hydrogens is 585 g/mol. The molecule has 0 atom stereocenters. The van der Waals surface area contributed by atoms with Crippen LogP contribution in [0.15, 0.2) is 161 Å². The Balaban J connectivity index is 1.26. The number of fused-ring (bicyclic) bond motifs is 7. The summed E-state index contributed by atoms with van der Waals surface area (Å²) in [6.45, 7) is 11.1. The van der Waals surface area contributed by atoms with E-state index in [1.165, 1.54) is 22.3 Å². The Hall–Kier alpha value is -5.80. The first kappa shape index (κ1) is 29.6.